The minimum absolute atomic E-state index is 0.225. The standard InChI is InChI=1S/C24H28N2O2/c1-14-17(13-25-26(14)3)10-16-12-22-21-6-4-15-11-18(27)5-7-19(15)20(21)8-9-24(22,2)23(16)28/h5,7,10-11,13,20-22,27H,4,6,8-9,12H2,1-3H3/b16-10-/t20-,21+,22+,24-/m0/s1. The quantitative estimate of drug-likeness (QED) is 0.743. The first-order chi connectivity index (χ1) is 13.4. The monoisotopic (exact) mass is 376 g/mol. The van der Waals surface area contributed by atoms with Gasteiger partial charge < -0.3 is 5.11 Å². The molecule has 0 saturated heterocycles. The summed E-state index contributed by atoms with van der Waals surface area (Å²) >= 11 is 0. The molecule has 4 heteroatoms. The van der Waals surface area contributed by atoms with E-state index in [4.69, 9.17) is 0 Å². The van der Waals surface area contributed by atoms with Gasteiger partial charge in [-0.2, -0.15) is 5.10 Å². The molecule has 0 radical (unpaired) electrons. The Hall–Kier alpha value is -2.36. The average molecular weight is 377 g/mol. The first-order valence-corrected chi connectivity index (χ1v) is 10.4. The van der Waals surface area contributed by atoms with Crippen LogP contribution in [0.15, 0.2) is 30.0 Å². The first kappa shape index (κ1) is 17.7. The van der Waals surface area contributed by atoms with Gasteiger partial charge >= 0.3 is 0 Å². The van der Waals surface area contributed by atoms with Crippen LogP contribution < -0.4 is 0 Å². The molecule has 1 aromatic carbocycles. The molecule has 0 spiro atoms. The van der Waals surface area contributed by atoms with Gasteiger partial charge in [0.15, 0.2) is 5.78 Å². The smallest absolute Gasteiger partial charge is 0.165 e. The number of phenolic OH excluding ortho intramolecular Hbond substituents is 1. The summed E-state index contributed by atoms with van der Waals surface area (Å²) in [6, 6.07) is 5.89. The molecule has 0 aliphatic heterocycles. The lowest BCUT2D eigenvalue weighted by Gasteiger charge is -2.48. The normalized spacial score (nSPS) is 32.9. The number of aromatic nitrogens is 2. The van der Waals surface area contributed by atoms with Crippen LogP contribution in [-0.4, -0.2) is 20.7 Å². The zero-order valence-corrected chi connectivity index (χ0v) is 16.9. The average Bonchev–Trinajstić information content (AvgIpc) is 3.13. The second-order valence-electron chi connectivity index (χ2n) is 9.27. The molecule has 1 heterocycles. The van der Waals surface area contributed by atoms with Gasteiger partial charge in [-0.3, -0.25) is 9.48 Å². The van der Waals surface area contributed by atoms with Crippen LogP contribution in [0.1, 0.15) is 60.9 Å². The summed E-state index contributed by atoms with van der Waals surface area (Å²) in [7, 11) is 1.94. The van der Waals surface area contributed by atoms with E-state index in [1.807, 2.05) is 30.1 Å². The molecule has 1 N–H and O–H groups in total. The predicted molar refractivity (Wildman–Crippen MR) is 109 cm³/mol. The van der Waals surface area contributed by atoms with Crippen LogP contribution in [-0.2, 0) is 18.3 Å². The van der Waals surface area contributed by atoms with Crippen LogP contribution in [0.5, 0.6) is 5.75 Å². The predicted octanol–water partition coefficient (Wildman–Crippen LogP) is 4.55. The van der Waals surface area contributed by atoms with E-state index in [0.29, 0.717) is 29.3 Å². The van der Waals surface area contributed by atoms with Gasteiger partial charge in [-0.1, -0.05) is 13.0 Å². The maximum absolute atomic E-state index is 13.4. The van der Waals surface area contributed by atoms with Gasteiger partial charge in [0.25, 0.3) is 0 Å². The number of fused-ring (bicyclic) bond motifs is 5. The molecule has 2 fully saturated rings. The number of rotatable bonds is 1. The number of allylic oxidation sites excluding steroid dienone is 1. The third kappa shape index (κ3) is 2.43. The largest absolute Gasteiger partial charge is 0.508 e. The fourth-order valence-corrected chi connectivity index (χ4v) is 6.21. The van der Waals surface area contributed by atoms with Crippen LogP contribution in [0.25, 0.3) is 6.08 Å². The van der Waals surface area contributed by atoms with E-state index in [9.17, 15) is 9.90 Å². The molecule has 4 nitrogen and oxygen atoms in total. The second kappa shape index (κ2) is 6.07. The van der Waals surface area contributed by atoms with Crippen LogP contribution in [0.2, 0.25) is 0 Å². The first-order valence-electron chi connectivity index (χ1n) is 10.4. The SMILES string of the molecule is Cc1c(/C=C2/C[C@@H]3[C@@H]4CCc5cc(O)ccc5[C@@H]4CC[C@]3(C)C2=O)cnn1C. The van der Waals surface area contributed by atoms with Crippen molar-refractivity contribution in [1.82, 2.24) is 9.78 Å². The zero-order valence-electron chi connectivity index (χ0n) is 16.9. The molecular formula is C24H28N2O2. The molecule has 28 heavy (non-hydrogen) atoms. The number of benzene rings is 1. The summed E-state index contributed by atoms with van der Waals surface area (Å²) < 4.78 is 1.87. The van der Waals surface area contributed by atoms with Crippen molar-refractivity contribution in [2.24, 2.45) is 24.3 Å². The van der Waals surface area contributed by atoms with Gasteiger partial charge in [0.1, 0.15) is 5.75 Å². The van der Waals surface area contributed by atoms with E-state index in [2.05, 4.69) is 31.1 Å². The summed E-state index contributed by atoms with van der Waals surface area (Å²) in [6.07, 6.45) is 9.00. The molecule has 5 rings (SSSR count). The van der Waals surface area contributed by atoms with Gasteiger partial charge in [-0.25, -0.2) is 0 Å². The molecule has 3 aliphatic carbocycles. The molecule has 1 aromatic heterocycles. The summed E-state index contributed by atoms with van der Waals surface area (Å²) in [5.74, 6) is 2.22. The number of carbonyl (C=O) groups is 1. The number of ketones is 1. The second-order valence-corrected chi connectivity index (χ2v) is 9.27. The Morgan fingerprint density at radius 1 is 1.32 bits per heavy atom. The number of nitrogens with zero attached hydrogens (tertiary/aromatic N) is 2. The molecule has 2 aromatic rings. The van der Waals surface area contributed by atoms with E-state index in [-0.39, 0.29) is 5.41 Å². The van der Waals surface area contributed by atoms with Crippen molar-refractivity contribution >= 4 is 11.9 Å². The van der Waals surface area contributed by atoms with Crippen molar-refractivity contribution in [3.8, 4) is 5.75 Å². The highest BCUT2D eigenvalue weighted by atomic mass is 16.3. The van der Waals surface area contributed by atoms with E-state index >= 15 is 0 Å². The van der Waals surface area contributed by atoms with E-state index in [0.717, 1.165) is 48.9 Å². The van der Waals surface area contributed by atoms with Gasteiger partial charge in [-0.05, 0) is 91.7 Å². The Balaban J connectivity index is 1.50. The van der Waals surface area contributed by atoms with Crippen molar-refractivity contribution in [3.63, 3.8) is 0 Å². The lowest BCUT2D eigenvalue weighted by atomic mass is 9.55. The van der Waals surface area contributed by atoms with Crippen LogP contribution in [0, 0.1) is 24.2 Å². The van der Waals surface area contributed by atoms with Gasteiger partial charge in [0.05, 0.1) is 6.20 Å². The molecular weight excluding hydrogens is 348 g/mol. The molecule has 4 atom stereocenters. The number of Topliss-reactive ketones (excluding diaryl/α,β-unsaturated/α-hetero) is 1. The van der Waals surface area contributed by atoms with Crippen LogP contribution >= 0.6 is 0 Å². The van der Waals surface area contributed by atoms with Gasteiger partial charge in [0.2, 0.25) is 0 Å². The highest BCUT2D eigenvalue weighted by Gasteiger charge is 2.56. The summed E-state index contributed by atoms with van der Waals surface area (Å²) in [4.78, 5) is 13.4. The van der Waals surface area contributed by atoms with Gasteiger partial charge in [0, 0.05) is 23.7 Å². The number of hydrogen-bond donors (Lipinski definition) is 1. The Morgan fingerprint density at radius 3 is 2.89 bits per heavy atom. The number of aromatic hydroxyl groups is 1. The highest BCUT2D eigenvalue weighted by Crippen LogP contribution is 2.60. The van der Waals surface area contributed by atoms with Crippen molar-refractivity contribution < 1.29 is 9.90 Å². The van der Waals surface area contributed by atoms with E-state index < -0.39 is 0 Å². The van der Waals surface area contributed by atoms with Crippen LogP contribution in [0.4, 0.5) is 0 Å². The fourth-order valence-electron chi connectivity index (χ4n) is 6.21. The molecule has 0 bridgehead atoms. The van der Waals surface area contributed by atoms with Crippen molar-refractivity contribution in [1.29, 1.82) is 0 Å². The number of carbonyl (C=O) groups excluding carboxylic acids is 1. The summed E-state index contributed by atoms with van der Waals surface area (Å²) in [6.45, 7) is 4.26. The van der Waals surface area contributed by atoms with Crippen molar-refractivity contribution in [3.05, 3.63) is 52.4 Å². The maximum Gasteiger partial charge on any atom is 0.165 e. The maximum atomic E-state index is 13.4. The Labute approximate surface area is 166 Å². The molecule has 0 amide bonds. The Morgan fingerprint density at radius 2 is 2.14 bits per heavy atom. The lowest BCUT2D eigenvalue weighted by Crippen LogP contribution is -2.42. The van der Waals surface area contributed by atoms with Crippen molar-refractivity contribution in [2.75, 3.05) is 0 Å². The molecule has 0 unspecified atom stereocenters. The topological polar surface area (TPSA) is 55.1 Å². The fraction of sp³-hybridized carbons (Fsp3) is 0.500. The van der Waals surface area contributed by atoms with Crippen molar-refractivity contribution in [2.45, 2.75) is 51.9 Å². The minimum Gasteiger partial charge on any atom is -0.508 e. The number of hydrogen-bond acceptors (Lipinski definition) is 3. The highest BCUT2D eigenvalue weighted by molar-refractivity contribution is 6.06. The third-order valence-electron chi connectivity index (χ3n) is 7.95. The van der Waals surface area contributed by atoms with Crippen LogP contribution in [0.3, 0.4) is 0 Å². The zero-order chi connectivity index (χ0) is 19.6. The number of phenols is 1. The molecule has 146 valence electrons. The molecule has 2 saturated carbocycles. The van der Waals surface area contributed by atoms with Gasteiger partial charge in [-0.15, -0.1) is 0 Å². The minimum atomic E-state index is -0.225. The summed E-state index contributed by atoms with van der Waals surface area (Å²) in [5, 5.41) is 14.2. The third-order valence-corrected chi connectivity index (χ3v) is 7.95. The Bertz CT molecular complexity index is 1000. The van der Waals surface area contributed by atoms with E-state index in [1.165, 1.54) is 11.1 Å². The summed E-state index contributed by atoms with van der Waals surface area (Å²) in [5.41, 5.74) is 5.64. The number of aryl methyl sites for hydroxylation is 2. The van der Waals surface area contributed by atoms with E-state index in [1.54, 1.807) is 0 Å². The Kier molecular flexibility index (Phi) is 3.84. The lowest BCUT2D eigenvalue weighted by molar-refractivity contribution is -0.127. The molecule has 3 aliphatic rings.